The molecule has 0 saturated heterocycles. The molecule has 0 radical (unpaired) electrons. The summed E-state index contributed by atoms with van der Waals surface area (Å²) in [5.74, 6) is -0.425. The van der Waals surface area contributed by atoms with Crippen molar-refractivity contribution in [1.29, 1.82) is 0 Å². The molecule has 0 fully saturated rings. The predicted octanol–water partition coefficient (Wildman–Crippen LogP) is 4.44. The summed E-state index contributed by atoms with van der Waals surface area (Å²) >= 11 is 0. The molecule has 2 aromatic carbocycles. The first-order valence-electron chi connectivity index (χ1n) is 8.61. The van der Waals surface area contributed by atoms with E-state index in [-0.39, 0.29) is 12.5 Å². The second-order valence-corrected chi connectivity index (χ2v) is 9.70. The Labute approximate surface area is 149 Å². The van der Waals surface area contributed by atoms with Crippen LogP contribution in [0.3, 0.4) is 0 Å². The monoisotopic (exact) mass is 368 g/mol. The number of halogens is 2. The lowest BCUT2D eigenvalue weighted by Crippen LogP contribution is -2.23. The molecule has 0 aliphatic rings. The van der Waals surface area contributed by atoms with Crippen LogP contribution in [-0.2, 0) is 9.93 Å². The molecule has 0 aliphatic heterocycles. The molecule has 0 heterocycles. The van der Waals surface area contributed by atoms with Gasteiger partial charge in [0.25, 0.3) is 0 Å². The topological polar surface area (TPSA) is 37.3 Å². The van der Waals surface area contributed by atoms with Crippen LogP contribution in [0.25, 0.3) is 11.1 Å². The Kier molecular flexibility index (Phi) is 6.85. The smallest absolute Gasteiger partial charge is 0.133 e. The Morgan fingerprint density at radius 1 is 1.08 bits per heavy atom. The molecule has 0 saturated carbocycles. The number of aliphatic hydroxyl groups is 1. The van der Waals surface area contributed by atoms with E-state index in [2.05, 4.69) is 6.92 Å². The second-order valence-electron chi connectivity index (χ2n) is 6.62. The maximum absolute atomic E-state index is 13.9. The summed E-state index contributed by atoms with van der Waals surface area (Å²) in [7, 11) is -2.56. The zero-order chi connectivity index (χ0) is 18.4. The predicted molar refractivity (Wildman–Crippen MR) is 100 cm³/mol. The van der Waals surface area contributed by atoms with Gasteiger partial charge in [0.2, 0.25) is 0 Å². The minimum atomic E-state index is -2.56. The molecule has 2 rings (SSSR count). The average molecular weight is 368 g/mol. The second kappa shape index (κ2) is 8.68. The van der Waals surface area contributed by atoms with E-state index in [1.54, 1.807) is 30.5 Å². The van der Waals surface area contributed by atoms with Crippen LogP contribution in [0.4, 0.5) is 8.78 Å². The molecular weight excluding hydrogens is 342 g/mol. The van der Waals surface area contributed by atoms with E-state index >= 15 is 0 Å². The first-order valence-corrected chi connectivity index (χ1v) is 10.9. The fourth-order valence-electron chi connectivity index (χ4n) is 3.20. The number of aliphatic hydroxyl groups excluding tert-OH is 1. The summed E-state index contributed by atoms with van der Waals surface area (Å²) < 4.78 is 40.1. The van der Waals surface area contributed by atoms with Crippen LogP contribution in [0, 0.1) is 17.6 Å². The molecule has 0 amide bonds. The van der Waals surface area contributed by atoms with E-state index in [0.29, 0.717) is 23.3 Å². The molecule has 138 valence electrons. The van der Waals surface area contributed by atoms with Gasteiger partial charge in [-0.25, -0.2) is 8.78 Å². The van der Waals surface area contributed by atoms with Crippen molar-refractivity contribution in [2.75, 3.05) is 18.6 Å². The van der Waals surface area contributed by atoms with Gasteiger partial charge in [-0.15, -0.1) is 0 Å². The molecule has 25 heavy (non-hydrogen) atoms. The van der Waals surface area contributed by atoms with Crippen molar-refractivity contribution in [1.82, 2.24) is 0 Å². The van der Waals surface area contributed by atoms with Gasteiger partial charge in [-0.05, 0) is 54.8 Å². The summed E-state index contributed by atoms with van der Waals surface area (Å²) in [5, 5.41) is 9.19. The Hall–Kier alpha value is -1.59. The normalized spacial score (nSPS) is 13.6. The fraction of sp³-hybridized carbons (Fsp3) is 0.400. The third-order valence-electron chi connectivity index (χ3n) is 4.50. The summed E-state index contributed by atoms with van der Waals surface area (Å²) in [4.78, 5) is 0.748. The van der Waals surface area contributed by atoms with E-state index in [4.69, 9.17) is 0 Å². The van der Waals surface area contributed by atoms with E-state index in [0.717, 1.165) is 23.8 Å². The molecule has 1 unspecified atom stereocenters. The number of thiol groups is 1. The summed E-state index contributed by atoms with van der Waals surface area (Å²) in [6, 6.07) is 10.5. The van der Waals surface area contributed by atoms with Crippen LogP contribution in [0.1, 0.15) is 26.2 Å². The van der Waals surface area contributed by atoms with Gasteiger partial charge in [0.05, 0.1) is 0 Å². The van der Waals surface area contributed by atoms with Gasteiger partial charge in [0.15, 0.2) is 0 Å². The van der Waals surface area contributed by atoms with E-state index in [1.165, 1.54) is 12.1 Å². The molecule has 1 N–H and O–H groups in total. The molecular formula is C20H26F2O2S. The summed E-state index contributed by atoms with van der Waals surface area (Å²) in [5.41, 5.74) is 0.949. The fourth-order valence-corrected chi connectivity index (χ4v) is 5.54. The Bertz CT molecular complexity index is 738. The maximum Gasteiger partial charge on any atom is 0.133 e. The standard InChI is InChI=1S/C20H26F2O2S/c1-3-4-15(11-12-23)14-25(2,24)18-8-5-16(6-9-18)19-10-7-17(21)13-20(19)22/h5-10,13,15,23,25H,3-4,11-12,14H2,1-2H3. The van der Waals surface area contributed by atoms with Gasteiger partial charge < -0.3 is 5.11 Å². The Morgan fingerprint density at radius 3 is 2.32 bits per heavy atom. The van der Waals surface area contributed by atoms with Gasteiger partial charge in [-0.3, -0.25) is 4.21 Å². The van der Waals surface area contributed by atoms with E-state index in [1.807, 2.05) is 0 Å². The quantitative estimate of drug-likeness (QED) is 0.676. The highest BCUT2D eigenvalue weighted by molar-refractivity contribution is 8.02. The number of hydrogen-bond donors (Lipinski definition) is 2. The van der Waals surface area contributed by atoms with Crippen molar-refractivity contribution in [2.24, 2.45) is 5.92 Å². The lowest BCUT2D eigenvalue weighted by Gasteiger charge is -2.25. The minimum Gasteiger partial charge on any atom is -0.396 e. The van der Waals surface area contributed by atoms with Crippen LogP contribution in [-0.4, -0.2) is 27.9 Å². The summed E-state index contributed by atoms with van der Waals surface area (Å²) in [6.07, 6.45) is 4.36. The molecule has 0 aromatic heterocycles. The zero-order valence-corrected chi connectivity index (χ0v) is 15.6. The lowest BCUT2D eigenvalue weighted by atomic mass is 10.0. The average Bonchev–Trinajstić information content (AvgIpc) is 2.55. The molecule has 5 heteroatoms. The lowest BCUT2D eigenvalue weighted by molar-refractivity contribution is 0.259. The molecule has 0 aliphatic carbocycles. The third-order valence-corrected chi connectivity index (χ3v) is 7.10. The van der Waals surface area contributed by atoms with Crippen LogP contribution in [0.5, 0.6) is 0 Å². The van der Waals surface area contributed by atoms with Crippen molar-refractivity contribution in [3.63, 3.8) is 0 Å². The molecule has 0 spiro atoms. The van der Waals surface area contributed by atoms with Gasteiger partial charge in [-0.2, -0.15) is 0 Å². The highest BCUT2D eigenvalue weighted by atomic mass is 32.2. The van der Waals surface area contributed by atoms with Gasteiger partial charge in [0, 0.05) is 28.9 Å². The van der Waals surface area contributed by atoms with Gasteiger partial charge in [-0.1, -0.05) is 35.4 Å². The summed E-state index contributed by atoms with van der Waals surface area (Å²) in [6.45, 7) is 2.18. The van der Waals surface area contributed by atoms with Crippen molar-refractivity contribution in [3.8, 4) is 11.1 Å². The zero-order valence-electron chi connectivity index (χ0n) is 14.7. The number of hydrogen-bond acceptors (Lipinski definition) is 2. The first kappa shape index (κ1) is 19.7. The van der Waals surface area contributed by atoms with E-state index < -0.39 is 21.6 Å². The van der Waals surface area contributed by atoms with Crippen LogP contribution < -0.4 is 0 Å². The highest BCUT2D eigenvalue weighted by Gasteiger charge is 2.19. The Morgan fingerprint density at radius 2 is 1.76 bits per heavy atom. The van der Waals surface area contributed by atoms with Crippen LogP contribution >= 0.6 is 0 Å². The largest absolute Gasteiger partial charge is 0.396 e. The first-order chi connectivity index (χ1) is 11.9. The van der Waals surface area contributed by atoms with Crippen molar-refractivity contribution < 1.29 is 18.1 Å². The van der Waals surface area contributed by atoms with E-state index in [9.17, 15) is 18.1 Å². The van der Waals surface area contributed by atoms with Crippen molar-refractivity contribution in [3.05, 3.63) is 54.1 Å². The van der Waals surface area contributed by atoms with Crippen LogP contribution in [0.2, 0.25) is 0 Å². The molecule has 1 atom stereocenters. The Balaban J connectivity index is 2.21. The molecule has 0 bridgehead atoms. The number of rotatable bonds is 8. The van der Waals surface area contributed by atoms with Crippen molar-refractivity contribution in [2.45, 2.75) is 31.1 Å². The maximum atomic E-state index is 13.9. The van der Waals surface area contributed by atoms with Crippen molar-refractivity contribution >= 4 is 9.93 Å². The van der Waals surface area contributed by atoms with Crippen LogP contribution in [0.15, 0.2) is 47.4 Å². The van der Waals surface area contributed by atoms with Gasteiger partial charge in [0.1, 0.15) is 11.6 Å². The highest BCUT2D eigenvalue weighted by Crippen LogP contribution is 2.28. The van der Waals surface area contributed by atoms with Gasteiger partial charge >= 0.3 is 0 Å². The SMILES string of the molecule is CCCC(CCO)C[SH](C)(=O)c1ccc(-c2ccc(F)cc2F)cc1. The molecule has 2 aromatic rings. The minimum absolute atomic E-state index is 0.105. The molecule has 2 nitrogen and oxygen atoms in total. The number of benzene rings is 2. The third kappa shape index (κ3) is 5.19.